The molecule has 1 saturated heterocycles. The lowest BCUT2D eigenvalue weighted by Crippen LogP contribution is -2.37. The van der Waals surface area contributed by atoms with Crippen LogP contribution < -0.4 is 25.4 Å². The van der Waals surface area contributed by atoms with Gasteiger partial charge in [0.25, 0.3) is 5.91 Å². The molecule has 2 aliphatic heterocycles. The fraction of sp³-hybridized carbons (Fsp3) is 0.471. The number of urea groups is 1. The van der Waals surface area contributed by atoms with Crippen molar-refractivity contribution in [2.45, 2.75) is 38.3 Å². The zero-order valence-electron chi connectivity index (χ0n) is 14.2. The van der Waals surface area contributed by atoms with Crippen LogP contribution in [0.2, 0.25) is 0 Å². The van der Waals surface area contributed by atoms with Crippen molar-refractivity contribution in [3.8, 4) is 11.5 Å². The molecule has 2 aliphatic rings. The van der Waals surface area contributed by atoms with E-state index in [1.165, 1.54) is 0 Å². The van der Waals surface area contributed by atoms with Crippen molar-refractivity contribution < 1.29 is 23.9 Å². The van der Waals surface area contributed by atoms with E-state index in [1.54, 1.807) is 0 Å². The number of ether oxygens (including phenoxy) is 2. The van der Waals surface area contributed by atoms with Gasteiger partial charge < -0.3 is 20.1 Å². The highest BCUT2D eigenvalue weighted by Gasteiger charge is 2.32. The maximum atomic E-state index is 11.8. The first-order chi connectivity index (χ1) is 11.8. The molecule has 134 valence electrons. The molecular formula is C17H21N3O5. The molecule has 2 heterocycles. The van der Waals surface area contributed by atoms with E-state index in [0.717, 1.165) is 17.7 Å². The van der Waals surface area contributed by atoms with E-state index in [1.807, 2.05) is 32.0 Å². The summed E-state index contributed by atoms with van der Waals surface area (Å²) in [5.41, 5.74) is 0.858. The van der Waals surface area contributed by atoms with Crippen LogP contribution in [0, 0.1) is 0 Å². The van der Waals surface area contributed by atoms with Gasteiger partial charge in [-0.2, -0.15) is 0 Å². The maximum absolute atomic E-state index is 11.8. The average molecular weight is 347 g/mol. The number of benzene rings is 1. The molecule has 0 spiro atoms. The van der Waals surface area contributed by atoms with Gasteiger partial charge >= 0.3 is 6.03 Å². The van der Waals surface area contributed by atoms with Gasteiger partial charge in [-0.3, -0.25) is 14.9 Å². The zero-order valence-corrected chi connectivity index (χ0v) is 14.2. The number of carbonyl (C=O) groups excluding carboxylic acids is 3. The second-order valence-electron chi connectivity index (χ2n) is 6.70. The number of nitrogens with one attached hydrogen (secondary N) is 3. The van der Waals surface area contributed by atoms with Crippen molar-refractivity contribution >= 4 is 17.8 Å². The second kappa shape index (κ2) is 6.62. The summed E-state index contributed by atoms with van der Waals surface area (Å²) in [6, 6.07) is 4.37. The van der Waals surface area contributed by atoms with Crippen molar-refractivity contribution in [2.75, 3.05) is 13.2 Å². The smallest absolute Gasteiger partial charge is 0.322 e. The van der Waals surface area contributed by atoms with Gasteiger partial charge in [0.15, 0.2) is 11.5 Å². The van der Waals surface area contributed by atoms with Gasteiger partial charge in [-0.15, -0.1) is 0 Å². The molecule has 1 atom stereocenters. The number of imide groups is 1. The highest BCUT2D eigenvalue weighted by molar-refractivity contribution is 6.05. The third-order valence-electron chi connectivity index (χ3n) is 3.98. The molecule has 4 amide bonds. The van der Waals surface area contributed by atoms with Gasteiger partial charge in [0, 0.05) is 12.0 Å². The predicted molar refractivity (Wildman–Crippen MR) is 88.4 cm³/mol. The molecule has 25 heavy (non-hydrogen) atoms. The molecule has 3 rings (SSSR count). The lowest BCUT2D eigenvalue weighted by atomic mass is 10.0. The minimum atomic E-state index is -0.818. The first kappa shape index (κ1) is 17.1. The summed E-state index contributed by atoms with van der Waals surface area (Å²) >= 11 is 0. The van der Waals surface area contributed by atoms with Gasteiger partial charge in [0.1, 0.15) is 18.2 Å². The van der Waals surface area contributed by atoms with Gasteiger partial charge in [-0.25, -0.2) is 4.79 Å². The van der Waals surface area contributed by atoms with Crippen LogP contribution in [-0.2, 0) is 16.0 Å². The predicted octanol–water partition coefficient (Wildman–Crippen LogP) is 0.493. The molecule has 0 bridgehead atoms. The molecule has 0 aliphatic carbocycles. The highest BCUT2D eigenvalue weighted by Crippen LogP contribution is 2.41. The molecule has 0 aromatic heterocycles. The van der Waals surface area contributed by atoms with Gasteiger partial charge in [-0.05, 0) is 19.9 Å². The Morgan fingerprint density at radius 3 is 2.92 bits per heavy atom. The van der Waals surface area contributed by atoms with Crippen molar-refractivity contribution in [1.82, 2.24) is 16.0 Å². The Hall–Kier alpha value is -2.77. The average Bonchev–Trinajstić information content (AvgIpc) is 3.01. The van der Waals surface area contributed by atoms with Crippen LogP contribution in [0.3, 0.4) is 0 Å². The minimum absolute atomic E-state index is 0.102. The van der Waals surface area contributed by atoms with Crippen molar-refractivity contribution in [2.24, 2.45) is 0 Å². The van der Waals surface area contributed by atoms with Crippen molar-refractivity contribution in [3.63, 3.8) is 0 Å². The normalized spacial score (nSPS) is 20.3. The zero-order chi connectivity index (χ0) is 18.0. The van der Waals surface area contributed by atoms with Crippen LogP contribution in [0.4, 0.5) is 4.79 Å². The Labute approximate surface area is 145 Å². The van der Waals surface area contributed by atoms with Crippen LogP contribution >= 0.6 is 0 Å². The van der Waals surface area contributed by atoms with E-state index in [9.17, 15) is 14.4 Å². The lowest BCUT2D eigenvalue weighted by Gasteiger charge is -2.18. The monoisotopic (exact) mass is 347 g/mol. The molecule has 0 saturated carbocycles. The summed E-state index contributed by atoms with van der Waals surface area (Å²) < 4.78 is 11.6. The van der Waals surface area contributed by atoms with E-state index in [4.69, 9.17) is 9.47 Å². The third-order valence-corrected chi connectivity index (χ3v) is 3.98. The number of carbonyl (C=O) groups is 3. The van der Waals surface area contributed by atoms with Crippen LogP contribution in [0.25, 0.3) is 0 Å². The minimum Gasteiger partial charge on any atom is -0.488 e. The molecule has 3 N–H and O–H groups in total. The third kappa shape index (κ3) is 4.01. The topological polar surface area (TPSA) is 106 Å². The van der Waals surface area contributed by atoms with E-state index in [2.05, 4.69) is 16.0 Å². The summed E-state index contributed by atoms with van der Waals surface area (Å²) in [6.07, 6.45) is 0.723. The number of amides is 4. The molecule has 1 unspecified atom stereocenters. The SMILES string of the molecule is CC1(C)Cc2cccc(OCCNC(=O)CC3NC(=O)NC3=O)c2O1. The Kier molecular flexibility index (Phi) is 4.52. The molecular weight excluding hydrogens is 326 g/mol. The highest BCUT2D eigenvalue weighted by atomic mass is 16.5. The number of fused-ring (bicyclic) bond motifs is 1. The molecule has 1 aromatic carbocycles. The molecule has 1 fully saturated rings. The van der Waals surface area contributed by atoms with E-state index in [0.29, 0.717) is 5.75 Å². The Bertz CT molecular complexity index is 716. The lowest BCUT2D eigenvalue weighted by molar-refractivity contribution is -0.126. The first-order valence-electron chi connectivity index (χ1n) is 8.16. The van der Waals surface area contributed by atoms with Gasteiger partial charge in [0.2, 0.25) is 5.91 Å². The summed E-state index contributed by atoms with van der Waals surface area (Å²) in [5, 5.41) is 7.13. The summed E-state index contributed by atoms with van der Waals surface area (Å²) in [5.74, 6) is 0.585. The van der Waals surface area contributed by atoms with E-state index in [-0.39, 0.29) is 31.1 Å². The second-order valence-corrected chi connectivity index (χ2v) is 6.70. The summed E-state index contributed by atoms with van der Waals surface area (Å²) in [6.45, 7) is 4.60. The van der Waals surface area contributed by atoms with Crippen LogP contribution in [0.1, 0.15) is 25.8 Å². The number of hydrogen-bond donors (Lipinski definition) is 3. The fourth-order valence-corrected chi connectivity index (χ4v) is 2.91. The molecule has 8 heteroatoms. The standard InChI is InChI=1S/C17H21N3O5/c1-17(2)9-10-4-3-5-12(14(10)25-17)24-7-6-18-13(21)8-11-15(22)20-16(23)19-11/h3-5,11H,6-9H2,1-2H3,(H,18,21)(H2,19,20,22,23). The Morgan fingerprint density at radius 2 is 2.20 bits per heavy atom. The fourth-order valence-electron chi connectivity index (χ4n) is 2.91. The Balaban J connectivity index is 1.44. The number of para-hydroxylation sites is 1. The van der Waals surface area contributed by atoms with Crippen molar-refractivity contribution in [3.05, 3.63) is 23.8 Å². The van der Waals surface area contributed by atoms with Gasteiger partial charge in [-0.1, -0.05) is 12.1 Å². The van der Waals surface area contributed by atoms with Crippen LogP contribution in [-0.4, -0.2) is 42.6 Å². The number of hydrogen-bond acceptors (Lipinski definition) is 5. The largest absolute Gasteiger partial charge is 0.488 e. The van der Waals surface area contributed by atoms with Crippen LogP contribution in [0.5, 0.6) is 11.5 Å². The molecule has 1 aromatic rings. The van der Waals surface area contributed by atoms with E-state index >= 15 is 0 Å². The van der Waals surface area contributed by atoms with Crippen LogP contribution in [0.15, 0.2) is 18.2 Å². The quantitative estimate of drug-likeness (QED) is 0.513. The van der Waals surface area contributed by atoms with Crippen molar-refractivity contribution in [1.29, 1.82) is 0 Å². The molecule has 8 nitrogen and oxygen atoms in total. The maximum Gasteiger partial charge on any atom is 0.322 e. The Morgan fingerprint density at radius 1 is 1.40 bits per heavy atom. The van der Waals surface area contributed by atoms with E-state index < -0.39 is 18.0 Å². The number of rotatable bonds is 6. The molecule has 0 radical (unpaired) electrons. The van der Waals surface area contributed by atoms with Gasteiger partial charge in [0.05, 0.1) is 13.0 Å². The first-order valence-corrected chi connectivity index (χ1v) is 8.16. The summed E-state index contributed by atoms with van der Waals surface area (Å²) in [7, 11) is 0. The summed E-state index contributed by atoms with van der Waals surface area (Å²) in [4.78, 5) is 34.2.